The van der Waals surface area contributed by atoms with Crippen molar-refractivity contribution in [2.75, 3.05) is 25.9 Å². The molecule has 22 heavy (non-hydrogen) atoms. The van der Waals surface area contributed by atoms with E-state index in [-0.39, 0.29) is 22.7 Å². The number of rotatable bonds is 5. The average Bonchev–Trinajstić information content (AvgIpc) is 2.46. The van der Waals surface area contributed by atoms with Gasteiger partial charge in [-0.3, -0.25) is 0 Å². The molecule has 2 N–H and O–H groups in total. The van der Waals surface area contributed by atoms with Crippen LogP contribution in [0.4, 0.5) is 0 Å². The summed E-state index contributed by atoms with van der Waals surface area (Å²) in [7, 11) is -3.51. The zero-order valence-corrected chi connectivity index (χ0v) is 15.9. The average molecular weight is 385 g/mol. The van der Waals surface area contributed by atoms with Gasteiger partial charge in [-0.15, -0.1) is 24.2 Å². The summed E-state index contributed by atoms with van der Waals surface area (Å²) >= 11 is 7.59. The Labute approximate surface area is 148 Å². The van der Waals surface area contributed by atoms with E-state index in [0.29, 0.717) is 11.6 Å². The molecule has 1 saturated heterocycles. The van der Waals surface area contributed by atoms with Crippen LogP contribution in [0.5, 0.6) is 0 Å². The topological polar surface area (TPSA) is 58.2 Å². The third-order valence-electron chi connectivity index (χ3n) is 3.93. The van der Waals surface area contributed by atoms with Crippen LogP contribution in [0.2, 0.25) is 5.02 Å². The predicted octanol–water partition coefficient (Wildman–Crippen LogP) is 3.15. The molecule has 1 aliphatic rings. The Kier molecular flexibility index (Phi) is 7.49. The van der Waals surface area contributed by atoms with Gasteiger partial charge in [0.25, 0.3) is 0 Å². The van der Waals surface area contributed by atoms with Crippen LogP contribution in [-0.4, -0.2) is 34.3 Å². The van der Waals surface area contributed by atoms with Gasteiger partial charge in [0.15, 0.2) is 0 Å². The summed E-state index contributed by atoms with van der Waals surface area (Å²) < 4.78 is 27.5. The van der Waals surface area contributed by atoms with Gasteiger partial charge >= 0.3 is 0 Å². The van der Waals surface area contributed by atoms with E-state index in [1.54, 1.807) is 12.1 Å². The Morgan fingerprint density at radius 2 is 2.00 bits per heavy atom. The molecule has 1 heterocycles. The van der Waals surface area contributed by atoms with E-state index in [1.807, 2.05) is 6.26 Å². The van der Waals surface area contributed by atoms with Gasteiger partial charge in [-0.25, -0.2) is 13.1 Å². The van der Waals surface area contributed by atoms with E-state index >= 15 is 0 Å². The molecule has 1 aromatic carbocycles. The number of halogens is 2. The quantitative estimate of drug-likeness (QED) is 0.765. The summed E-state index contributed by atoms with van der Waals surface area (Å²) in [6.07, 6.45) is 3.86. The van der Waals surface area contributed by atoms with Gasteiger partial charge < -0.3 is 5.32 Å². The molecular weight excluding hydrogens is 363 g/mol. The van der Waals surface area contributed by atoms with Crippen molar-refractivity contribution in [1.82, 2.24) is 10.0 Å². The Bertz CT molecular complexity index is 603. The molecular formula is C14H22Cl2N2O2S2. The monoisotopic (exact) mass is 384 g/mol. The van der Waals surface area contributed by atoms with Crippen LogP contribution in [0.25, 0.3) is 0 Å². The molecule has 0 atom stereocenters. The van der Waals surface area contributed by atoms with Gasteiger partial charge in [0.1, 0.15) is 0 Å². The number of hydrogen-bond acceptors (Lipinski definition) is 4. The van der Waals surface area contributed by atoms with E-state index in [2.05, 4.69) is 17.0 Å². The normalized spacial score (nSPS) is 17.8. The highest BCUT2D eigenvalue weighted by Gasteiger charge is 2.28. The van der Waals surface area contributed by atoms with E-state index in [9.17, 15) is 8.42 Å². The Morgan fingerprint density at radius 1 is 1.36 bits per heavy atom. The molecule has 126 valence electrons. The molecule has 1 fully saturated rings. The van der Waals surface area contributed by atoms with Gasteiger partial charge in [-0.1, -0.05) is 18.5 Å². The lowest BCUT2D eigenvalue weighted by Gasteiger charge is -2.34. The molecule has 2 rings (SSSR count). The molecule has 0 saturated carbocycles. The standard InChI is InChI=1S/C14H21ClN2O2S2.ClH/c1-14(5-7-16-8-6-14)10-17-21(18,19)11-3-4-13(20-2)12(15)9-11;/h3-4,9,16-17H,5-8,10H2,1-2H3;1H. The van der Waals surface area contributed by atoms with Crippen LogP contribution in [0.15, 0.2) is 28.0 Å². The molecule has 0 amide bonds. The molecule has 0 aromatic heterocycles. The Morgan fingerprint density at radius 3 is 2.55 bits per heavy atom. The van der Waals surface area contributed by atoms with Gasteiger partial charge in [-0.2, -0.15) is 0 Å². The minimum Gasteiger partial charge on any atom is -0.317 e. The first kappa shape index (κ1) is 20.1. The molecule has 0 aliphatic carbocycles. The number of sulfonamides is 1. The summed E-state index contributed by atoms with van der Waals surface area (Å²) in [4.78, 5) is 1.10. The minimum absolute atomic E-state index is 0. The molecule has 1 aromatic rings. The fourth-order valence-electron chi connectivity index (χ4n) is 2.37. The van der Waals surface area contributed by atoms with Crippen molar-refractivity contribution in [3.8, 4) is 0 Å². The van der Waals surface area contributed by atoms with Crippen LogP contribution in [-0.2, 0) is 10.0 Å². The number of hydrogen-bond donors (Lipinski definition) is 2. The van der Waals surface area contributed by atoms with Crippen molar-refractivity contribution in [3.63, 3.8) is 0 Å². The fraction of sp³-hybridized carbons (Fsp3) is 0.571. The molecule has 0 spiro atoms. The molecule has 4 nitrogen and oxygen atoms in total. The first-order valence-corrected chi connectivity index (χ1v) is 9.99. The van der Waals surface area contributed by atoms with Gasteiger partial charge in [0.2, 0.25) is 10.0 Å². The van der Waals surface area contributed by atoms with Crippen molar-refractivity contribution in [2.45, 2.75) is 29.6 Å². The van der Waals surface area contributed by atoms with E-state index in [1.165, 1.54) is 17.8 Å². The lowest BCUT2D eigenvalue weighted by molar-refractivity contribution is 0.232. The smallest absolute Gasteiger partial charge is 0.240 e. The molecule has 1 aliphatic heterocycles. The van der Waals surface area contributed by atoms with Gasteiger partial charge in [0, 0.05) is 11.4 Å². The van der Waals surface area contributed by atoms with Crippen LogP contribution in [0.3, 0.4) is 0 Å². The van der Waals surface area contributed by atoms with Crippen molar-refractivity contribution in [2.24, 2.45) is 5.41 Å². The van der Waals surface area contributed by atoms with Gasteiger partial charge in [0.05, 0.1) is 9.92 Å². The predicted molar refractivity (Wildman–Crippen MR) is 95.9 cm³/mol. The van der Waals surface area contributed by atoms with Gasteiger partial charge in [-0.05, 0) is 55.8 Å². The second-order valence-electron chi connectivity index (χ2n) is 5.68. The van der Waals surface area contributed by atoms with Crippen LogP contribution in [0.1, 0.15) is 19.8 Å². The fourth-order valence-corrected chi connectivity index (χ4v) is 4.53. The first-order valence-electron chi connectivity index (χ1n) is 6.90. The number of benzene rings is 1. The summed E-state index contributed by atoms with van der Waals surface area (Å²) in [5.41, 5.74) is 0.0152. The molecule has 0 bridgehead atoms. The summed E-state index contributed by atoms with van der Waals surface area (Å²) in [6.45, 7) is 4.46. The molecule has 0 unspecified atom stereocenters. The number of thioether (sulfide) groups is 1. The highest BCUT2D eigenvalue weighted by molar-refractivity contribution is 7.98. The highest BCUT2D eigenvalue weighted by Crippen LogP contribution is 2.29. The zero-order chi connectivity index (χ0) is 15.5. The van der Waals surface area contributed by atoms with Crippen LogP contribution in [0, 0.1) is 5.41 Å². The summed E-state index contributed by atoms with van der Waals surface area (Å²) in [5, 5.41) is 3.76. The second-order valence-corrected chi connectivity index (χ2v) is 8.70. The van der Waals surface area contributed by atoms with E-state index < -0.39 is 10.0 Å². The lowest BCUT2D eigenvalue weighted by Crippen LogP contribution is -2.42. The van der Waals surface area contributed by atoms with E-state index in [4.69, 9.17) is 11.6 Å². The third-order valence-corrected chi connectivity index (χ3v) is 6.55. The van der Waals surface area contributed by atoms with Crippen molar-refractivity contribution >= 4 is 45.8 Å². The lowest BCUT2D eigenvalue weighted by atomic mass is 9.81. The first-order chi connectivity index (χ1) is 9.86. The van der Waals surface area contributed by atoms with Crippen LogP contribution < -0.4 is 10.0 Å². The maximum Gasteiger partial charge on any atom is 0.240 e. The van der Waals surface area contributed by atoms with Crippen molar-refractivity contribution in [1.29, 1.82) is 0 Å². The highest BCUT2D eigenvalue weighted by atomic mass is 35.5. The van der Waals surface area contributed by atoms with E-state index in [0.717, 1.165) is 30.8 Å². The SMILES string of the molecule is CSc1ccc(S(=O)(=O)NCC2(C)CCNCC2)cc1Cl.Cl. The van der Waals surface area contributed by atoms with Crippen LogP contribution >= 0.6 is 35.8 Å². The Balaban J connectivity index is 0.00000242. The maximum absolute atomic E-state index is 12.4. The number of nitrogens with one attached hydrogen (secondary N) is 2. The molecule has 0 radical (unpaired) electrons. The largest absolute Gasteiger partial charge is 0.317 e. The minimum atomic E-state index is -3.51. The maximum atomic E-state index is 12.4. The van der Waals surface area contributed by atoms with Crippen molar-refractivity contribution in [3.05, 3.63) is 23.2 Å². The summed E-state index contributed by atoms with van der Waals surface area (Å²) in [6, 6.07) is 4.86. The number of piperidine rings is 1. The third kappa shape index (κ3) is 5.01. The van der Waals surface area contributed by atoms with Crippen molar-refractivity contribution < 1.29 is 8.42 Å². The second kappa shape index (κ2) is 8.22. The molecule has 8 heteroatoms. The Hall–Kier alpha value is 0.0200. The summed E-state index contributed by atoms with van der Waals surface area (Å²) in [5.74, 6) is 0. The zero-order valence-electron chi connectivity index (χ0n) is 12.7.